The molecule has 182 valence electrons. The minimum atomic E-state index is -4.52. The Morgan fingerprint density at radius 3 is 2.53 bits per heavy atom. The third-order valence-electron chi connectivity index (χ3n) is 6.35. The number of nitrogens with two attached hydrogens (primary N) is 1. The third kappa shape index (κ3) is 4.89. The van der Waals surface area contributed by atoms with Gasteiger partial charge in [-0.1, -0.05) is 11.6 Å². The average molecular weight is 498 g/mol. The highest BCUT2D eigenvalue weighted by Crippen LogP contribution is 2.35. The fourth-order valence-corrected chi connectivity index (χ4v) is 4.82. The fourth-order valence-electron chi connectivity index (χ4n) is 4.54. The number of nitrogens with zero attached hydrogens (tertiary/aromatic N) is 2. The summed E-state index contributed by atoms with van der Waals surface area (Å²) in [7, 11) is 0. The second-order valence-electron chi connectivity index (χ2n) is 8.55. The zero-order chi connectivity index (χ0) is 24.6. The highest BCUT2D eigenvalue weighted by molar-refractivity contribution is 6.33. The first kappa shape index (κ1) is 24.1. The summed E-state index contributed by atoms with van der Waals surface area (Å²) in [4.78, 5) is 44.9. The zero-order valence-electron chi connectivity index (χ0n) is 18.0. The van der Waals surface area contributed by atoms with E-state index in [2.05, 4.69) is 15.3 Å². The van der Waals surface area contributed by atoms with Crippen molar-refractivity contribution in [3.8, 4) is 0 Å². The van der Waals surface area contributed by atoms with E-state index in [4.69, 9.17) is 17.3 Å². The summed E-state index contributed by atoms with van der Waals surface area (Å²) in [6.07, 6.45) is -0.762. The van der Waals surface area contributed by atoms with Gasteiger partial charge in [-0.2, -0.15) is 13.2 Å². The maximum absolute atomic E-state index is 13.0. The van der Waals surface area contributed by atoms with E-state index in [1.165, 1.54) is 6.07 Å². The van der Waals surface area contributed by atoms with Gasteiger partial charge in [-0.25, -0.2) is 4.98 Å². The van der Waals surface area contributed by atoms with Gasteiger partial charge >= 0.3 is 6.18 Å². The van der Waals surface area contributed by atoms with E-state index in [-0.39, 0.29) is 34.3 Å². The molecule has 4 rings (SSSR count). The minimum absolute atomic E-state index is 0.0872. The lowest BCUT2D eigenvalue weighted by Gasteiger charge is -2.34. The predicted molar refractivity (Wildman–Crippen MR) is 119 cm³/mol. The number of H-pyrrole nitrogens is 1. The molecule has 0 bridgehead atoms. The van der Waals surface area contributed by atoms with Crippen molar-refractivity contribution in [1.29, 1.82) is 0 Å². The number of amides is 2. The molecule has 0 saturated carbocycles. The lowest BCUT2D eigenvalue weighted by atomic mass is 9.89. The van der Waals surface area contributed by atoms with Gasteiger partial charge < -0.3 is 20.9 Å². The van der Waals surface area contributed by atoms with E-state index in [0.29, 0.717) is 50.0 Å². The van der Waals surface area contributed by atoms with E-state index >= 15 is 0 Å². The fraction of sp³-hybridized carbons (Fsp3) is 0.455. The summed E-state index contributed by atoms with van der Waals surface area (Å²) >= 11 is 6.05. The number of halogens is 4. The molecule has 1 aliphatic heterocycles. The van der Waals surface area contributed by atoms with E-state index in [1.807, 2.05) is 0 Å². The maximum Gasteiger partial charge on any atom is 0.417 e. The van der Waals surface area contributed by atoms with Crippen molar-refractivity contribution in [2.24, 2.45) is 11.7 Å². The van der Waals surface area contributed by atoms with Crippen LogP contribution in [0.2, 0.25) is 5.02 Å². The van der Waals surface area contributed by atoms with Crippen LogP contribution in [0, 0.1) is 5.92 Å². The monoisotopic (exact) mass is 497 g/mol. The number of piperidine rings is 1. The van der Waals surface area contributed by atoms with E-state index < -0.39 is 23.2 Å². The number of carbonyl (C=O) groups excluding carboxylic acids is 2. The van der Waals surface area contributed by atoms with Crippen molar-refractivity contribution >= 4 is 29.2 Å². The Morgan fingerprint density at radius 1 is 1.21 bits per heavy atom. The second kappa shape index (κ2) is 9.28. The number of hydrogen-bond acceptors (Lipinski definition) is 5. The molecule has 2 aliphatic rings. The van der Waals surface area contributed by atoms with Gasteiger partial charge in [0.2, 0.25) is 5.91 Å². The summed E-state index contributed by atoms with van der Waals surface area (Å²) in [6, 6.07) is 1.96. The number of fused-ring (bicyclic) bond motifs is 1. The van der Waals surface area contributed by atoms with Gasteiger partial charge in [0.05, 0.1) is 16.6 Å². The van der Waals surface area contributed by atoms with E-state index in [1.54, 1.807) is 4.90 Å². The number of hydrogen-bond donors (Lipinski definition) is 3. The summed E-state index contributed by atoms with van der Waals surface area (Å²) in [5, 5.41) is 2.93. The molecule has 0 aromatic carbocycles. The van der Waals surface area contributed by atoms with Crippen molar-refractivity contribution in [3.05, 3.63) is 56.1 Å². The molecule has 34 heavy (non-hydrogen) atoms. The van der Waals surface area contributed by atoms with Crippen LogP contribution in [-0.2, 0) is 17.4 Å². The molecule has 2 amide bonds. The van der Waals surface area contributed by atoms with Crippen LogP contribution in [0.15, 0.2) is 23.1 Å². The first-order valence-corrected chi connectivity index (χ1v) is 11.3. The standard InChI is InChI=1S/C22H23ClF3N5O3/c23-15-8-12(22(24,25)26)10-28-19(15)31-6-4-11(5-7-31)20(33)29-16-2-1-3-17-13(16)9-14(18(27)32)21(34)30-17/h8-11,16H,1-7H2,(H2,27,32)(H,29,33)(H,30,34). The number of rotatable bonds is 4. The quantitative estimate of drug-likeness (QED) is 0.599. The second-order valence-corrected chi connectivity index (χ2v) is 8.96. The normalized spacial score (nSPS) is 18.9. The van der Waals surface area contributed by atoms with E-state index in [0.717, 1.165) is 18.7 Å². The Hall–Kier alpha value is -3.08. The molecule has 12 heteroatoms. The van der Waals surface area contributed by atoms with Crippen molar-refractivity contribution in [2.75, 3.05) is 18.0 Å². The summed E-state index contributed by atoms with van der Waals surface area (Å²) in [6.45, 7) is 0.827. The molecule has 1 aliphatic carbocycles. The molecule has 0 radical (unpaired) electrons. The number of anilines is 1. The highest BCUT2D eigenvalue weighted by Gasteiger charge is 2.33. The number of aromatic nitrogens is 2. The smallest absolute Gasteiger partial charge is 0.365 e. The van der Waals surface area contributed by atoms with Crippen molar-refractivity contribution in [1.82, 2.24) is 15.3 Å². The van der Waals surface area contributed by atoms with Gasteiger partial charge in [-0.05, 0) is 49.8 Å². The molecule has 4 N–H and O–H groups in total. The van der Waals surface area contributed by atoms with Gasteiger partial charge in [0.1, 0.15) is 11.4 Å². The van der Waals surface area contributed by atoms with Crippen LogP contribution >= 0.6 is 11.6 Å². The number of aryl methyl sites for hydroxylation is 1. The molecular formula is C22H23ClF3N5O3. The van der Waals surface area contributed by atoms with Crippen LogP contribution in [0.4, 0.5) is 19.0 Å². The molecule has 2 aromatic heterocycles. The topological polar surface area (TPSA) is 121 Å². The van der Waals surface area contributed by atoms with Gasteiger partial charge in [0.25, 0.3) is 11.5 Å². The van der Waals surface area contributed by atoms with Crippen LogP contribution in [0.1, 0.15) is 58.9 Å². The van der Waals surface area contributed by atoms with Crippen molar-refractivity contribution in [2.45, 2.75) is 44.3 Å². The maximum atomic E-state index is 13.0. The van der Waals surface area contributed by atoms with Crippen LogP contribution < -0.4 is 21.5 Å². The number of primary amides is 1. The SMILES string of the molecule is NC(=O)c1cc2c([nH]c1=O)CCCC2NC(=O)C1CCN(c2ncc(C(F)(F)F)cc2Cl)CC1. The molecule has 0 spiro atoms. The number of nitrogens with one attached hydrogen (secondary N) is 2. The van der Waals surface area contributed by atoms with Crippen LogP contribution in [0.3, 0.4) is 0 Å². The average Bonchev–Trinajstić information content (AvgIpc) is 2.78. The first-order chi connectivity index (χ1) is 16.0. The highest BCUT2D eigenvalue weighted by atomic mass is 35.5. The van der Waals surface area contributed by atoms with Gasteiger partial charge in [-0.3, -0.25) is 14.4 Å². The molecule has 1 fully saturated rings. The van der Waals surface area contributed by atoms with Gasteiger partial charge in [0, 0.05) is 30.9 Å². The van der Waals surface area contributed by atoms with Gasteiger partial charge in [-0.15, -0.1) is 0 Å². The first-order valence-electron chi connectivity index (χ1n) is 10.9. The zero-order valence-corrected chi connectivity index (χ0v) is 18.8. The Morgan fingerprint density at radius 2 is 1.91 bits per heavy atom. The molecule has 1 unspecified atom stereocenters. The molecule has 2 aromatic rings. The third-order valence-corrected chi connectivity index (χ3v) is 6.63. The van der Waals surface area contributed by atoms with Gasteiger partial charge in [0.15, 0.2) is 0 Å². The summed E-state index contributed by atoms with van der Waals surface area (Å²) in [5.41, 5.74) is 5.06. The minimum Gasteiger partial charge on any atom is -0.365 e. The Balaban J connectivity index is 1.41. The predicted octanol–water partition coefficient (Wildman–Crippen LogP) is 2.95. The molecular weight excluding hydrogens is 475 g/mol. The summed E-state index contributed by atoms with van der Waals surface area (Å²) in [5.74, 6) is -1.02. The number of carbonyl (C=O) groups is 2. The van der Waals surface area contributed by atoms with Crippen LogP contribution in [0.25, 0.3) is 0 Å². The molecule has 3 heterocycles. The lowest BCUT2D eigenvalue weighted by Crippen LogP contribution is -2.42. The largest absolute Gasteiger partial charge is 0.417 e. The number of alkyl halides is 3. The van der Waals surface area contributed by atoms with Crippen LogP contribution in [0.5, 0.6) is 0 Å². The molecule has 1 saturated heterocycles. The summed E-state index contributed by atoms with van der Waals surface area (Å²) < 4.78 is 38.6. The van der Waals surface area contributed by atoms with Crippen molar-refractivity contribution < 1.29 is 22.8 Å². The van der Waals surface area contributed by atoms with Crippen molar-refractivity contribution in [3.63, 3.8) is 0 Å². The number of pyridine rings is 2. The van der Waals surface area contributed by atoms with E-state index in [9.17, 15) is 27.6 Å². The lowest BCUT2D eigenvalue weighted by molar-refractivity contribution is -0.137. The Kier molecular flexibility index (Phi) is 6.57. The Labute approximate surface area is 197 Å². The van der Waals surface area contributed by atoms with Crippen LogP contribution in [-0.4, -0.2) is 34.9 Å². The number of aromatic amines is 1. The Bertz CT molecular complexity index is 1180. The molecule has 1 atom stereocenters. The molecule has 8 nitrogen and oxygen atoms in total.